The number of aromatic nitrogens is 4. The van der Waals surface area contributed by atoms with Crippen LogP contribution >= 0.6 is 0 Å². The second-order valence-electron chi connectivity index (χ2n) is 6.50. The Bertz CT molecular complexity index is 1120. The predicted molar refractivity (Wildman–Crippen MR) is 97.9 cm³/mol. The summed E-state index contributed by atoms with van der Waals surface area (Å²) in [5, 5.41) is 6.12. The van der Waals surface area contributed by atoms with E-state index in [0.717, 1.165) is 10.8 Å². The van der Waals surface area contributed by atoms with Crippen molar-refractivity contribution in [2.24, 2.45) is 0 Å². The Morgan fingerprint density at radius 3 is 2.56 bits per heavy atom. The van der Waals surface area contributed by atoms with Crippen molar-refractivity contribution in [1.82, 2.24) is 25.0 Å². The highest BCUT2D eigenvalue weighted by molar-refractivity contribution is 5.99. The number of likely N-dealkylation sites (tertiary alicyclic amines) is 1. The van der Waals surface area contributed by atoms with Crippen LogP contribution in [0.15, 0.2) is 65.4 Å². The first-order chi connectivity index (χ1) is 13.3. The molecule has 1 aliphatic heterocycles. The molecule has 3 heterocycles. The van der Waals surface area contributed by atoms with Gasteiger partial charge in [-0.2, -0.15) is 4.98 Å². The number of rotatable bonds is 3. The third kappa shape index (κ3) is 2.83. The minimum absolute atomic E-state index is 0.0168. The number of hydrogen-bond acceptors (Lipinski definition) is 6. The molecule has 0 atom stereocenters. The van der Waals surface area contributed by atoms with Crippen molar-refractivity contribution < 1.29 is 9.32 Å². The lowest BCUT2D eigenvalue weighted by Gasteiger charge is -2.37. The monoisotopic (exact) mass is 357 g/mol. The van der Waals surface area contributed by atoms with Crippen molar-refractivity contribution in [3.05, 3.63) is 72.4 Å². The molecule has 0 radical (unpaired) electrons. The van der Waals surface area contributed by atoms with Crippen LogP contribution in [0.5, 0.6) is 0 Å². The summed E-state index contributed by atoms with van der Waals surface area (Å²) in [6, 6.07) is 15.5. The van der Waals surface area contributed by atoms with Gasteiger partial charge in [-0.3, -0.25) is 4.79 Å². The lowest BCUT2D eigenvalue weighted by Crippen LogP contribution is -2.48. The molecule has 1 amide bonds. The van der Waals surface area contributed by atoms with Crippen LogP contribution in [-0.2, 0) is 0 Å². The highest BCUT2D eigenvalue weighted by Gasteiger charge is 2.36. The molecular formula is C20H15N5O2. The van der Waals surface area contributed by atoms with E-state index in [9.17, 15) is 4.79 Å². The van der Waals surface area contributed by atoms with Crippen LogP contribution in [0, 0.1) is 0 Å². The summed E-state index contributed by atoms with van der Waals surface area (Å²) in [5.41, 5.74) is 0.691. The van der Waals surface area contributed by atoms with Gasteiger partial charge in [-0.25, -0.2) is 9.97 Å². The molecule has 1 saturated heterocycles. The van der Waals surface area contributed by atoms with Gasteiger partial charge in [0.05, 0.1) is 5.92 Å². The Morgan fingerprint density at radius 1 is 0.963 bits per heavy atom. The average molecular weight is 357 g/mol. The standard InChI is InChI=1S/C20H15N5O2/c26-20(15-7-6-13-4-1-2-5-14(13)10-15)25-11-16(12-25)19-23-18(24-27-19)17-21-8-3-9-22-17/h1-10,16H,11-12H2. The molecule has 7 nitrogen and oxygen atoms in total. The molecule has 1 aliphatic rings. The van der Waals surface area contributed by atoms with Crippen molar-refractivity contribution in [2.45, 2.75) is 5.92 Å². The van der Waals surface area contributed by atoms with Crippen molar-refractivity contribution >= 4 is 16.7 Å². The van der Waals surface area contributed by atoms with E-state index in [1.165, 1.54) is 0 Å². The number of carbonyl (C=O) groups is 1. The normalized spacial score (nSPS) is 14.3. The van der Waals surface area contributed by atoms with Gasteiger partial charge in [0.1, 0.15) is 0 Å². The molecule has 27 heavy (non-hydrogen) atoms. The first kappa shape index (κ1) is 15.6. The maximum atomic E-state index is 12.7. The minimum atomic E-state index is 0.0168. The molecule has 4 aromatic rings. The van der Waals surface area contributed by atoms with Crippen LogP contribution in [-0.4, -0.2) is 44.0 Å². The summed E-state index contributed by atoms with van der Waals surface area (Å²) < 4.78 is 5.34. The lowest BCUT2D eigenvalue weighted by molar-refractivity contribution is 0.0569. The molecule has 2 aromatic heterocycles. The highest BCUT2D eigenvalue weighted by Crippen LogP contribution is 2.28. The van der Waals surface area contributed by atoms with Gasteiger partial charge in [-0.05, 0) is 29.0 Å². The van der Waals surface area contributed by atoms with Gasteiger partial charge in [-0.15, -0.1) is 0 Å². The van der Waals surface area contributed by atoms with E-state index in [2.05, 4.69) is 20.1 Å². The molecule has 0 unspecified atom stereocenters. The molecule has 1 fully saturated rings. The van der Waals surface area contributed by atoms with E-state index in [0.29, 0.717) is 36.2 Å². The van der Waals surface area contributed by atoms with Crippen LogP contribution < -0.4 is 0 Å². The van der Waals surface area contributed by atoms with E-state index in [1.807, 2.05) is 42.5 Å². The molecule has 0 spiro atoms. The fourth-order valence-corrected chi connectivity index (χ4v) is 3.21. The second kappa shape index (κ2) is 6.28. The maximum absolute atomic E-state index is 12.7. The van der Waals surface area contributed by atoms with Crippen molar-refractivity contribution in [1.29, 1.82) is 0 Å². The van der Waals surface area contributed by atoms with Gasteiger partial charge >= 0.3 is 0 Å². The van der Waals surface area contributed by atoms with Crippen LogP contribution in [0.25, 0.3) is 22.4 Å². The maximum Gasteiger partial charge on any atom is 0.253 e. The minimum Gasteiger partial charge on any atom is -0.338 e. The molecular weight excluding hydrogens is 342 g/mol. The quantitative estimate of drug-likeness (QED) is 0.560. The smallest absolute Gasteiger partial charge is 0.253 e. The Kier molecular flexibility index (Phi) is 3.64. The number of benzene rings is 2. The second-order valence-corrected chi connectivity index (χ2v) is 6.50. The van der Waals surface area contributed by atoms with Gasteiger partial charge in [0, 0.05) is 31.0 Å². The molecule has 0 bridgehead atoms. The van der Waals surface area contributed by atoms with E-state index in [1.54, 1.807) is 23.4 Å². The number of amides is 1. The summed E-state index contributed by atoms with van der Waals surface area (Å²) in [7, 11) is 0. The fourth-order valence-electron chi connectivity index (χ4n) is 3.21. The number of carbonyl (C=O) groups excluding carboxylic acids is 1. The van der Waals surface area contributed by atoms with Crippen LogP contribution in [0.3, 0.4) is 0 Å². The summed E-state index contributed by atoms with van der Waals surface area (Å²) in [4.78, 5) is 27.1. The fraction of sp³-hybridized carbons (Fsp3) is 0.150. The van der Waals surface area contributed by atoms with Crippen LogP contribution in [0.1, 0.15) is 22.2 Å². The van der Waals surface area contributed by atoms with Crippen molar-refractivity contribution in [2.75, 3.05) is 13.1 Å². The van der Waals surface area contributed by atoms with Crippen LogP contribution in [0.2, 0.25) is 0 Å². The number of nitrogens with zero attached hydrogens (tertiary/aromatic N) is 5. The van der Waals surface area contributed by atoms with E-state index in [4.69, 9.17) is 4.52 Å². The van der Waals surface area contributed by atoms with Crippen LogP contribution in [0.4, 0.5) is 0 Å². The van der Waals surface area contributed by atoms with Gasteiger partial charge in [0.2, 0.25) is 17.5 Å². The Hall–Kier alpha value is -3.61. The predicted octanol–water partition coefficient (Wildman–Crippen LogP) is 2.92. The zero-order valence-electron chi connectivity index (χ0n) is 14.3. The molecule has 7 heteroatoms. The average Bonchev–Trinajstić information content (AvgIpc) is 3.17. The number of fused-ring (bicyclic) bond motifs is 1. The van der Waals surface area contributed by atoms with E-state index < -0.39 is 0 Å². The van der Waals surface area contributed by atoms with Gasteiger partial charge in [0.25, 0.3) is 5.91 Å². The van der Waals surface area contributed by atoms with Gasteiger partial charge < -0.3 is 9.42 Å². The summed E-state index contributed by atoms with van der Waals surface area (Å²) in [5.74, 6) is 1.36. The van der Waals surface area contributed by atoms with Gasteiger partial charge in [-0.1, -0.05) is 35.5 Å². The van der Waals surface area contributed by atoms with E-state index >= 15 is 0 Å². The largest absolute Gasteiger partial charge is 0.338 e. The Labute approximate surface area is 154 Å². The molecule has 0 aliphatic carbocycles. The summed E-state index contributed by atoms with van der Waals surface area (Å²) in [6.07, 6.45) is 3.26. The first-order valence-electron chi connectivity index (χ1n) is 8.67. The molecule has 0 saturated carbocycles. The lowest BCUT2D eigenvalue weighted by atomic mass is 9.98. The zero-order chi connectivity index (χ0) is 18.2. The zero-order valence-corrected chi connectivity index (χ0v) is 14.3. The van der Waals surface area contributed by atoms with Crippen molar-refractivity contribution in [3.63, 3.8) is 0 Å². The van der Waals surface area contributed by atoms with Crippen molar-refractivity contribution in [3.8, 4) is 11.6 Å². The topological polar surface area (TPSA) is 85.0 Å². The number of hydrogen-bond donors (Lipinski definition) is 0. The molecule has 5 rings (SSSR count). The first-order valence-corrected chi connectivity index (χ1v) is 8.67. The molecule has 0 N–H and O–H groups in total. The molecule has 2 aromatic carbocycles. The summed E-state index contributed by atoms with van der Waals surface area (Å²) >= 11 is 0. The Balaban J connectivity index is 1.29. The highest BCUT2D eigenvalue weighted by atomic mass is 16.5. The molecule has 132 valence electrons. The van der Waals surface area contributed by atoms with Gasteiger partial charge in [0.15, 0.2) is 0 Å². The third-order valence-electron chi connectivity index (χ3n) is 4.72. The SMILES string of the molecule is O=C(c1ccc2ccccc2c1)N1CC(c2nc(-c3ncccn3)no2)C1. The Morgan fingerprint density at radius 2 is 1.74 bits per heavy atom. The third-order valence-corrected chi connectivity index (χ3v) is 4.72. The summed E-state index contributed by atoms with van der Waals surface area (Å²) in [6.45, 7) is 1.12. The van der Waals surface area contributed by atoms with E-state index in [-0.39, 0.29) is 11.8 Å².